The first-order valence-corrected chi connectivity index (χ1v) is 12.9. The molecule has 0 saturated heterocycles. The molecule has 0 bridgehead atoms. The van der Waals surface area contributed by atoms with Gasteiger partial charge in [0, 0.05) is 26.2 Å². The van der Waals surface area contributed by atoms with Gasteiger partial charge >= 0.3 is 0 Å². The van der Waals surface area contributed by atoms with Gasteiger partial charge in [-0.15, -0.1) is 0 Å². The molecule has 37 heavy (non-hydrogen) atoms. The Bertz CT molecular complexity index is 1210. The zero-order chi connectivity index (χ0) is 26.0. The van der Waals surface area contributed by atoms with Crippen LogP contribution >= 0.6 is 0 Å². The van der Waals surface area contributed by atoms with Crippen LogP contribution in [0.25, 0.3) is 5.69 Å². The van der Waals surface area contributed by atoms with Crippen LogP contribution in [0.15, 0.2) is 91.0 Å². The SMILES string of the molecule is Cc1nn(-c2ccccc2)c(Oc2ccccc2)c1CN(Cc1ccccc1)C[C@@H](O)COCC(C)C. The van der Waals surface area contributed by atoms with Crippen molar-refractivity contribution in [1.29, 1.82) is 0 Å². The molecule has 0 aliphatic carbocycles. The highest BCUT2D eigenvalue weighted by molar-refractivity contribution is 5.43. The highest BCUT2D eigenvalue weighted by Crippen LogP contribution is 2.32. The molecular formula is C31H37N3O3. The third-order valence-electron chi connectivity index (χ3n) is 5.96. The number of benzene rings is 3. The monoisotopic (exact) mass is 499 g/mol. The minimum Gasteiger partial charge on any atom is -0.439 e. The predicted octanol–water partition coefficient (Wildman–Crippen LogP) is 6.01. The van der Waals surface area contributed by atoms with Gasteiger partial charge in [-0.1, -0.05) is 80.6 Å². The number of nitrogens with zero attached hydrogens (tertiary/aromatic N) is 3. The third kappa shape index (κ3) is 7.76. The van der Waals surface area contributed by atoms with Crippen molar-refractivity contribution in [2.45, 2.75) is 40.0 Å². The van der Waals surface area contributed by atoms with E-state index in [2.05, 4.69) is 30.9 Å². The Kier molecular flexibility index (Phi) is 9.49. The molecule has 0 radical (unpaired) electrons. The summed E-state index contributed by atoms with van der Waals surface area (Å²) < 4.78 is 14.0. The van der Waals surface area contributed by atoms with Crippen LogP contribution < -0.4 is 4.74 Å². The summed E-state index contributed by atoms with van der Waals surface area (Å²) in [6.45, 7) is 8.88. The molecule has 0 aliphatic heterocycles. The van der Waals surface area contributed by atoms with Gasteiger partial charge < -0.3 is 14.6 Å². The molecule has 0 saturated carbocycles. The molecular weight excluding hydrogens is 462 g/mol. The molecule has 0 amide bonds. The Morgan fingerprint density at radius 3 is 2.11 bits per heavy atom. The van der Waals surface area contributed by atoms with E-state index in [4.69, 9.17) is 14.6 Å². The zero-order valence-electron chi connectivity index (χ0n) is 22.0. The van der Waals surface area contributed by atoms with Gasteiger partial charge in [0.05, 0.1) is 29.7 Å². The van der Waals surface area contributed by atoms with Gasteiger partial charge in [0.25, 0.3) is 0 Å². The smallest absolute Gasteiger partial charge is 0.227 e. The van der Waals surface area contributed by atoms with Crippen molar-refractivity contribution in [3.05, 3.63) is 108 Å². The summed E-state index contributed by atoms with van der Waals surface area (Å²) in [7, 11) is 0. The maximum atomic E-state index is 10.8. The van der Waals surface area contributed by atoms with Crippen molar-refractivity contribution in [1.82, 2.24) is 14.7 Å². The molecule has 0 unspecified atom stereocenters. The number of rotatable bonds is 13. The molecule has 1 aromatic heterocycles. The molecule has 194 valence electrons. The zero-order valence-corrected chi connectivity index (χ0v) is 22.0. The highest BCUT2D eigenvalue weighted by Gasteiger charge is 2.23. The Labute approximate surface area is 220 Å². The third-order valence-corrected chi connectivity index (χ3v) is 5.96. The second kappa shape index (κ2) is 13.2. The van der Waals surface area contributed by atoms with E-state index in [0.29, 0.717) is 44.6 Å². The van der Waals surface area contributed by atoms with E-state index >= 15 is 0 Å². The lowest BCUT2D eigenvalue weighted by atomic mass is 10.1. The first-order chi connectivity index (χ1) is 18.0. The van der Waals surface area contributed by atoms with E-state index in [1.54, 1.807) is 0 Å². The predicted molar refractivity (Wildman–Crippen MR) is 147 cm³/mol. The number of aliphatic hydroxyl groups excluding tert-OH is 1. The molecule has 0 fully saturated rings. The molecule has 4 aromatic rings. The fraction of sp³-hybridized carbons (Fsp3) is 0.323. The van der Waals surface area contributed by atoms with Crippen LogP contribution in [0.4, 0.5) is 0 Å². The summed E-state index contributed by atoms with van der Waals surface area (Å²) >= 11 is 0. The fourth-order valence-electron chi connectivity index (χ4n) is 4.21. The molecule has 1 atom stereocenters. The molecule has 0 spiro atoms. The van der Waals surface area contributed by atoms with Crippen LogP contribution in [0, 0.1) is 12.8 Å². The minimum atomic E-state index is -0.606. The Hall–Kier alpha value is -3.45. The van der Waals surface area contributed by atoms with E-state index in [1.807, 2.05) is 90.5 Å². The molecule has 6 heteroatoms. The Morgan fingerprint density at radius 1 is 0.838 bits per heavy atom. The van der Waals surface area contributed by atoms with Crippen LogP contribution in [0.1, 0.15) is 30.7 Å². The topological polar surface area (TPSA) is 59.8 Å². The lowest BCUT2D eigenvalue weighted by Crippen LogP contribution is -2.34. The molecule has 6 nitrogen and oxygen atoms in total. The van der Waals surface area contributed by atoms with Crippen LogP contribution in [0.2, 0.25) is 0 Å². The summed E-state index contributed by atoms with van der Waals surface area (Å²) in [4.78, 5) is 2.23. The molecule has 3 aromatic carbocycles. The van der Waals surface area contributed by atoms with Crippen LogP contribution in [-0.4, -0.2) is 45.6 Å². The van der Waals surface area contributed by atoms with Crippen LogP contribution in [0.3, 0.4) is 0 Å². The number of hydrogen-bond donors (Lipinski definition) is 1. The Morgan fingerprint density at radius 2 is 1.46 bits per heavy atom. The average Bonchev–Trinajstić information content (AvgIpc) is 3.20. The Balaban J connectivity index is 1.64. The van der Waals surface area contributed by atoms with Gasteiger partial charge in [-0.2, -0.15) is 5.10 Å². The molecule has 1 N–H and O–H groups in total. The lowest BCUT2D eigenvalue weighted by Gasteiger charge is -2.26. The number of aryl methyl sites for hydroxylation is 1. The second-order valence-electron chi connectivity index (χ2n) is 9.77. The minimum absolute atomic E-state index is 0.305. The highest BCUT2D eigenvalue weighted by atomic mass is 16.5. The van der Waals surface area contributed by atoms with Crippen molar-refractivity contribution in [3.8, 4) is 17.3 Å². The van der Waals surface area contributed by atoms with E-state index in [1.165, 1.54) is 5.56 Å². The summed E-state index contributed by atoms with van der Waals surface area (Å²) in [5, 5.41) is 15.7. The lowest BCUT2D eigenvalue weighted by molar-refractivity contribution is 0.00543. The largest absolute Gasteiger partial charge is 0.439 e. The summed E-state index contributed by atoms with van der Waals surface area (Å²) in [5.74, 6) is 1.85. The normalized spacial score (nSPS) is 12.3. The number of aliphatic hydroxyl groups is 1. The number of para-hydroxylation sites is 2. The summed E-state index contributed by atoms with van der Waals surface area (Å²) in [5.41, 5.74) is 3.98. The summed E-state index contributed by atoms with van der Waals surface area (Å²) in [6.07, 6.45) is -0.606. The molecule has 1 heterocycles. The maximum Gasteiger partial charge on any atom is 0.227 e. The van der Waals surface area contributed by atoms with E-state index < -0.39 is 6.10 Å². The van der Waals surface area contributed by atoms with Crippen molar-refractivity contribution in [2.75, 3.05) is 19.8 Å². The van der Waals surface area contributed by atoms with Crippen molar-refractivity contribution in [3.63, 3.8) is 0 Å². The van der Waals surface area contributed by atoms with Crippen molar-refractivity contribution >= 4 is 0 Å². The number of ether oxygens (including phenoxy) is 2. The van der Waals surface area contributed by atoms with Gasteiger partial charge in [0.2, 0.25) is 5.88 Å². The van der Waals surface area contributed by atoms with Gasteiger partial charge in [-0.25, -0.2) is 4.68 Å². The second-order valence-corrected chi connectivity index (χ2v) is 9.77. The number of aromatic nitrogens is 2. The first kappa shape index (κ1) is 26.6. The first-order valence-electron chi connectivity index (χ1n) is 12.9. The molecule has 0 aliphatic rings. The van der Waals surface area contributed by atoms with Crippen molar-refractivity contribution < 1.29 is 14.6 Å². The van der Waals surface area contributed by atoms with E-state index in [0.717, 1.165) is 22.7 Å². The summed E-state index contributed by atoms with van der Waals surface area (Å²) in [6, 6.07) is 30.1. The number of hydrogen-bond acceptors (Lipinski definition) is 5. The molecule has 4 rings (SSSR count). The van der Waals surface area contributed by atoms with Crippen LogP contribution in [-0.2, 0) is 17.8 Å². The fourth-order valence-corrected chi connectivity index (χ4v) is 4.21. The van der Waals surface area contributed by atoms with Gasteiger partial charge in [0.1, 0.15) is 5.75 Å². The standard InChI is InChI=1S/C31H37N3O3/c1-24(2)22-36-23-28(35)20-33(19-26-13-7-4-8-14-26)21-30-25(3)32-34(27-15-9-5-10-16-27)31(30)37-29-17-11-6-12-18-29/h4-18,24,28,35H,19-23H2,1-3H3/t28-/m1/s1. The van der Waals surface area contributed by atoms with Crippen molar-refractivity contribution in [2.24, 2.45) is 5.92 Å². The maximum absolute atomic E-state index is 10.8. The van der Waals surface area contributed by atoms with Gasteiger partial charge in [-0.05, 0) is 42.7 Å². The van der Waals surface area contributed by atoms with Gasteiger partial charge in [0.15, 0.2) is 0 Å². The van der Waals surface area contributed by atoms with E-state index in [-0.39, 0.29) is 0 Å². The quantitative estimate of drug-likeness (QED) is 0.244. The van der Waals surface area contributed by atoms with Crippen LogP contribution in [0.5, 0.6) is 11.6 Å². The van der Waals surface area contributed by atoms with Gasteiger partial charge in [-0.3, -0.25) is 4.90 Å². The average molecular weight is 500 g/mol. The van der Waals surface area contributed by atoms with E-state index in [9.17, 15) is 5.11 Å².